The van der Waals surface area contributed by atoms with Gasteiger partial charge in [0.05, 0.1) is 16.4 Å². The fourth-order valence-corrected chi connectivity index (χ4v) is 3.49. The maximum atomic E-state index is 6.56. The van der Waals surface area contributed by atoms with Crippen molar-refractivity contribution in [2.75, 3.05) is 13.1 Å². The largest absolute Gasteiger partial charge is 0.309 e. The summed E-state index contributed by atoms with van der Waals surface area (Å²) in [6.07, 6.45) is 2.05. The maximum Gasteiger partial charge on any atom is 0.0863 e. The Labute approximate surface area is 133 Å². The third-order valence-electron chi connectivity index (χ3n) is 4.45. The van der Waals surface area contributed by atoms with E-state index in [-0.39, 0.29) is 5.54 Å². The SMILES string of the molecule is CCc1nn(CC)c(CN2CC(C)(C)NCC2CC)c1Cl. The third kappa shape index (κ3) is 3.61. The van der Waals surface area contributed by atoms with Crippen LogP contribution in [-0.2, 0) is 19.5 Å². The molecule has 1 fully saturated rings. The zero-order chi connectivity index (χ0) is 15.6. The number of nitrogens with one attached hydrogen (secondary N) is 1. The van der Waals surface area contributed by atoms with Crippen LogP contribution in [0.1, 0.15) is 52.4 Å². The highest BCUT2D eigenvalue weighted by molar-refractivity contribution is 6.31. The Balaban J connectivity index is 2.24. The summed E-state index contributed by atoms with van der Waals surface area (Å²) in [4.78, 5) is 2.56. The van der Waals surface area contributed by atoms with Gasteiger partial charge in [-0.2, -0.15) is 5.10 Å². The molecule has 1 unspecified atom stereocenters. The van der Waals surface area contributed by atoms with Gasteiger partial charge in [0.15, 0.2) is 0 Å². The molecule has 1 saturated heterocycles. The van der Waals surface area contributed by atoms with Crippen molar-refractivity contribution >= 4 is 11.6 Å². The Hall–Kier alpha value is -0.580. The minimum atomic E-state index is 0.156. The normalized spacial score (nSPS) is 22.7. The van der Waals surface area contributed by atoms with Gasteiger partial charge in [-0.3, -0.25) is 9.58 Å². The summed E-state index contributed by atoms with van der Waals surface area (Å²) in [5.74, 6) is 0. The topological polar surface area (TPSA) is 33.1 Å². The van der Waals surface area contributed by atoms with Crippen molar-refractivity contribution in [1.82, 2.24) is 20.0 Å². The molecule has 0 bridgehead atoms. The van der Waals surface area contributed by atoms with Crippen LogP contribution in [0.15, 0.2) is 0 Å². The van der Waals surface area contributed by atoms with Crippen molar-refractivity contribution in [3.05, 3.63) is 16.4 Å². The molecule has 1 aromatic rings. The summed E-state index contributed by atoms with van der Waals surface area (Å²) in [6, 6.07) is 0.569. The number of aromatic nitrogens is 2. The number of piperazine rings is 1. The highest BCUT2D eigenvalue weighted by atomic mass is 35.5. The van der Waals surface area contributed by atoms with E-state index in [4.69, 9.17) is 11.6 Å². The van der Waals surface area contributed by atoms with Crippen LogP contribution < -0.4 is 5.32 Å². The lowest BCUT2D eigenvalue weighted by atomic mass is 9.97. The van der Waals surface area contributed by atoms with E-state index in [0.717, 1.165) is 49.7 Å². The third-order valence-corrected chi connectivity index (χ3v) is 4.89. The number of hydrogen-bond donors (Lipinski definition) is 1. The monoisotopic (exact) mass is 312 g/mol. The van der Waals surface area contributed by atoms with Crippen LogP contribution in [0.25, 0.3) is 0 Å². The van der Waals surface area contributed by atoms with Gasteiger partial charge in [0, 0.05) is 37.8 Å². The standard InChI is InChI=1S/C16H29ClN4/c1-6-12-9-18-16(4,5)11-20(12)10-14-15(17)13(7-2)19-21(14)8-3/h12,18H,6-11H2,1-5H3. The van der Waals surface area contributed by atoms with Crippen molar-refractivity contribution in [2.45, 2.75) is 72.1 Å². The maximum absolute atomic E-state index is 6.56. The molecule has 1 aliphatic heterocycles. The molecule has 1 aromatic heterocycles. The van der Waals surface area contributed by atoms with Gasteiger partial charge in [0.25, 0.3) is 0 Å². The summed E-state index contributed by atoms with van der Waals surface area (Å²) in [7, 11) is 0. The minimum absolute atomic E-state index is 0.156. The highest BCUT2D eigenvalue weighted by Gasteiger charge is 2.32. The molecular weight excluding hydrogens is 284 g/mol. The number of hydrogen-bond acceptors (Lipinski definition) is 3. The van der Waals surface area contributed by atoms with Crippen LogP contribution in [-0.4, -0.2) is 39.4 Å². The van der Waals surface area contributed by atoms with E-state index in [0.29, 0.717) is 6.04 Å². The summed E-state index contributed by atoms with van der Waals surface area (Å²) in [5.41, 5.74) is 2.35. The molecule has 2 rings (SSSR count). The molecule has 1 aliphatic rings. The van der Waals surface area contributed by atoms with E-state index in [9.17, 15) is 0 Å². The van der Waals surface area contributed by atoms with E-state index in [1.54, 1.807) is 0 Å². The molecule has 0 saturated carbocycles. The Morgan fingerprint density at radius 2 is 2.05 bits per heavy atom. The molecule has 1 N–H and O–H groups in total. The Morgan fingerprint density at radius 1 is 1.33 bits per heavy atom. The second-order valence-corrected chi connectivity index (χ2v) is 6.99. The predicted molar refractivity (Wildman–Crippen MR) is 88.9 cm³/mol. The lowest BCUT2D eigenvalue weighted by Gasteiger charge is -2.44. The molecule has 4 nitrogen and oxygen atoms in total. The Bertz CT molecular complexity index is 481. The van der Waals surface area contributed by atoms with Gasteiger partial charge in [0.2, 0.25) is 0 Å². The smallest absolute Gasteiger partial charge is 0.0863 e. The van der Waals surface area contributed by atoms with Gasteiger partial charge in [-0.15, -0.1) is 0 Å². The lowest BCUT2D eigenvalue weighted by molar-refractivity contribution is 0.0833. The number of nitrogens with zero attached hydrogens (tertiary/aromatic N) is 3. The van der Waals surface area contributed by atoms with Gasteiger partial charge in [-0.25, -0.2) is 0 Å². The van der Waals surface area contributed by atoms with Crippen molar-refractivity contribution in [3.63, 3.8) is 0 Å². The van der Waals surface area contributed by atoms with E-state index < -0.39 is 0 Å². The van der Waals surface area contributed by atoms with Crippen LogP contribution in [0.2, 0.25) is 5.02 Å². The van der Waals surface area contributed by atoms with Gasteiger partial charge in [-0.1, -0.05) is 25.4 Å². The summed E-state index contributed by atoms with van der Waals surface area (Å²) in [6.45, 7) is 14.9. The number of aryl methyl sites for hydroxylation is 2. The molecule has 21 heavy (non-hydrogen) atoms. The molecule has 2 heterocycles. The van der Waals surface area contributed by atoms with Gasteiger partial charge in [-0.05, 0) is 33.6 Å². The molecule has 0 amide bonds. The van der Waals surface area contributed by atoms with Crippen LogP contribution in [0.4, 0.5) is 0 Å². The van der Waals surface area contributed by atoms with Crippen molar-refractivity contribution < 1.29 is 0 Å². The summed E-state index contributed by atoms with van der Waals surface area (Å²) < 4.78 is 2.07. The zero-order valence-corrected chi connectivity index (χ0v) is 14.8. The average molecular weight is 313 g/mol. The fraction of sp³-hybridized carbons (Fsp3) is 0.812. The zero-order valence-electron chi connectivity index (χ0n) is 14.0. The summed E-state index contributed by atoms with van der Waals surface area (Å²) >= 11 is 6.56. The van der Waals surface area contributed by atoms with E-state index >= 15 is 0 Å². The molecule has 5 heteroatoms. The highest BCUT2D eigenvalue weighted by Crippen LogP contribution is 2.26. The van der Waals surface area contributed by atoms with Crippen molar-refractivity contribution in [1.29, 1.82) is 0 Å². The van der Waals surface area contributed by atoms with Crippen molar-refractivity contribution in [2.24, 2.45) is 0 Å². The van der Waals surface area contributed by atoms with Gasteiger partial charge >= 0.3 is 0 Å². The van der Waals surface area contributed by atoms with Crippen LogP contribution in [0.5, 0.6) is 0 Å². The van der Waals surface area contributed by atoms with Crippen LogP contribution in [0.3, 0.4) is 0 Å². The first-order valence-corrected chi connectivity index (χ1v) is 8.52. The number of halogens is 1. The quantitative estimate of drug-likeness (QED) is 0.907. The minimum Gasteiger partial charge on any atom is -0.309 e. The molecule has 0 aromatic carbocycles. The molecule has 0 aliphatic carbocycles. The van der Waals surface area contributed by atoms with E-state index in [2.05, 4.69) is 54.6 Å². The molecule has 1 atom stereocenters. The van der Waals surface area contributed by atoms with Gasteiger partial charge in [0.1, 0.15) is 0 Å². The molecule has 120 valence electrons. The first-order chi connectivity index (χ1) is 9.91. The average Bonchev–Trinajstić information content (AvgIpc) is 2.75. The Kier molecular flexibility index (Phi) is 5.33. The molecule has 0 spiro atoms. The Morgan fingerprint density at radius 3 is 2.62 bits per heavy atom. The summed E-state index contributed by atoms with van der Waals surface area (Å²) in [5, 5.41) is 9.15. The van der Waals surface area contributed by atoms with Gasteiger partial charge < -0.3 is 5.32 Å². The van der Waals surface area contributed by atoms with E-state index in [1.165, 1.54) is 5.69 Å². The second kappa shape index (κ2) is 6.67. The number of rotatable bonds is 5. The first-order valence-electron chi connectivity index (χ1n) is 8.15. The van der Waals surface area contributed by atoms with E-state index in [1.807, 2.05) is 0 Å². The predicted octanol–water partition coefficient (Wildman–Crippen LogP) is 3.08. The van der Waals surface area contributed by atoms with Crippen LogP contribution >= 0.6 is 11.6 Å². The van der Waals surface area contributed by atoms with Crippen molar-refractivity contribution in [3.8, 4) is 0 Å². The molecular formula is C16H29ClN4. The molecule has 0 radical (unpaired) electrons. The lowest BCUT2D eigenvalue weighted by Crippen LogP contribution is -2.61. The first kappa shape index (κ1) is 16.8. The van der Waals surface area contributed by atoms with Crippen LogP contribution in [0, 0.1) is 0 Å². The fourth-order valence-electron chi connectivity index (χ4n) is 3.16. The second-order valence-electron chi connectivity index (χ2n) is 6.61.